The molecule has 2 aliphatic rings. The highest BCUT2D eigenvalue weighted by atomic mass is 16.5. The van der Waals surface area contributed by atoms with Crippen molar-refractivity contribution in [3.8, 4) is 17.0 Å². The van der Waals surface area contributed by atoms with Crippen LogP contribution < -0.4 is 10.1 Å². The number of likely N-dealkylation sites (tertiary alicyclic amines) is 1. The largest absolute Gasteiger partial charge is 0.479 e. The Morgan fingerprint density at radius 2 is 2.09 bits per heavy atom. The number of nitrogens with zero attached hydrogens (tertiary/aromatic N) is 7. The van der Waals surface area contributed by atoms with Crippen molar-refractivity contribution >= 4 is 23.0 Å². The maximum Gasteiger partial charge on any atom is 0.244 e. The average Bonchev–Trinajstić information content (AvgIpc) is 3.48. The second kappa shape index (κ2) is 7.43. The van der Waals surface area contributed by atoms with Gasteiger partial charge in [0.15, 0.2) is 5.65 Å². The Hall–Kier alpha value is -3.69. The van der Waals surface area contributed by atoms with Crippen LogP contribution in [0.25, 0.3) is 22.3 Å². The lowest BCUT2D eigenvalue weighted by Crippen LogP contribution is -2.59. The molecule has 0 unspecified atom stereocenters. The molecule has 1 saturated heterocycles. The van der Waals surface area contributed by atoms with Crippen molar-refractivity contribution < 1.29 is 13.6 Å². The molecule has 10 nitrogen and oxygen atoms in total. The fraction of sp³-hybridized carbons (Fsp3) is 0.435. The van der Waals surface area contributed by atoms with Gasteiger partial charge in [-0.3, -0.25) is 4.79 Å². The molecule has 1 spiro atoms. The van der Waals surface area contributed by atoms with Crippen LogP contribution in [0.4, 0.5) is 5.95 Å². The van der Waals surface area contributed by atoms with E-state index in [0.717, 1.165) is 48.0 Å². The first kappa shape index (κ1) is 16.9. The van der Waals surface area contributed by atoms with Gasteiger partial charge < -0.3 is 15.0 Å². The predicted octanol–water partition coefficient (Wildman–Crippen LogP) is 2.65. The van der Waals surface area contributed by atoms with Crippen LogP contribution in [-0.2, 0) is 4.79 Å². The second-order valence-electron chi connectivity index (χ2n) is 9.03. The zero-order valence-electron chi connectivity index (χ0n) is 21.2. The van der Waals surface area contributed by atoms with Gasteiger partial charge in [0.1, 0.15) is 11.8 Å². The lowest BCUT2D eigenvalue weighted by Gasteiger charge is -2.53. The summed E-state index contributed by atoms with van der Waals surface area (Å²) >= 11 is 0. The quantitative estimate of drug-likeness (QED) is 0.511. The first-order valence-electron chi connectivity index (χ1n) is 12.5. The molecule has 1 N–H and O–H groups in total. The molecule has 0 aromatic carbocycles. The number of hydrogen-bond donors (Lipinski definition) is 1. The van der Waals surface area contributed by atoms with E-state index in [-0.39, 0.29) is 11.5 Å². The number of fused-ring (bicyclic) bond motifs is 2. The van der Waals surface area contributed by atoms with Crippen LogP contribution in [0.1, 0.15) is 36.6 Å². The summed E-state index contributed by atoms with van der Waals surface area (Å²) in [5, 5.41) is 12.3. The average molecular weight is 450 g/mol. The minimum atomic E-state index is -2.56. The Morgan fingerprint density at radius 3 is 2.88 bits per heavy atom. The summed E-state index contributed by atoms with van der Waals surface area (Å²) in [4.78, 5) is 22.3. The van der Waals surface area contributed by atoms with Gasteiger partial charge in [-0.1, -0.05) is 0 Å². The molecule has 1 aliphatic heterocycles. The molecule has 2 fully saturated rings. The molecule has 6 rings (SSSR count). The van der Waals surface area contributed by atoms with E-state index in [1.54, 1.807) is 16.1 Å². The summed E-state index contributed by atoms with van der Waals surface area (Å²) in [6.07, 6.45) is 8.95. The molecular weight excluding hydrogens is 420 g/mol. The molecule has 170 valence electrons. The van der Waals surface area contributed by atoms with Gasteiger partial charge in [-0.05, 0) is 43.9 Å². The van der Waals surface area contributed by atoms with Gasteiger partial charge in [-0.2, -0.15) is 10.1 Å². The third kappa shape index (κ3) is 3.37. The predicted molar refractivity (Wildman–Crippen MR) is 122 cm³/mol. The van der Waals surface area contributed by atoms with E-state index in [1.165, 1.54) is 11.2 Å². The maximum atomic E-state index is 12.0. The number of carbonyl (C=O) groups is 1. The minimum absolute atomic E-state index is 0.0299. The molecule has 33 heavy (non-hydrogen) atoms. The molecule has 0 radical (unpaired) electrons. The van der Waals surface area contributed by atoms with Crippen LogP contribution in [0.15, 0.2) is 36.9 Å². The van der Waals surface area contributed by atoms with Crippen molar-refractivity contribution in [1.29, 1.82) is 0 Å². The molecule has 0 atom stereocenters. The molecule has 4 aromatic rings. The molecular formula is C23H26N8O2. The molecule has 1 amide bonds. The molecule has 1 aliphatic carbocycles. The van der Waals surface area contributed by atoms with Crippen LogP contribution >= 0.6 is 0 Å². The number of pyridine rings is 1. The smallest absolute Gasteiger partial charge is 0.244 e. The van der Waals surface area contributed by atoms with Crippen molar-refractivity contribution in [2.24, 2.45) is 5.41 Å². The summed E-state index contributed by atoms with van der Waals surface area (Å²) in [5.41, 5.74) is 3.43. The van der Waals surface area contributed by atoms with Gasteiger partial charge in [-0.25, -0.2) is 14.0 Å². The van der Waals surface area contributed by atoms with Crippen LogP contribution in [-0.4, -0.2) is 66.2 Å². The minimum Gasteiger partial charge on any atom is -0.479 e. The van der Waals surface area contributed by atoms with E-state index in [2.05, 4.69) is 25.5 Å². The number of anilines is 1. The van der Waals surface area contributed by atoms with E-state index in [0.29, 0.717) is 24.9 Å². The number of hydrogen-bond acceptors (Lipinski definition) is 7. The Kier molecular flexibility index (Phi) is 3.80. The monoisotopic (exact) mass is 449 g/mol. The highest BCUT2D eigenvalue weighted by Gasteiger charge is 2.46. The molecule has 5 heterocycles. The van der Waals surface area contributed by atoms with Gasteiger partial charge in [-0.15, -0.1) is 5.10 Å². The number of carbonyl (C=O) groups excluding carboxylic acids is 1. The lowest BCUT2D eigenvalue weighted by atomic mass is 9.67. The van der Waals surface area contributed by atoms with E-state index in [1.807, 2.05) is 30.6 Å². The van der Waals surface area contributed by atoms with Gasteiger partial charge in [0.2, 0.25) is 17.7 Å². The fourth-order valence-electron chi connectivity index (χ4n) is 5.19. The summed E-state index contributed by atoms with van der Waals surface area (Å²) in [5.74, 6) is 0.216. The SMILES string of the molecule is [2H]C([2H])([2H])C(=O)N1CC2(CCC(Nc3nc(OC)c4c(-c5ccc6ncnn6c5)ccn4n3)CC2)C1. The Labute approximate surface area is 194 Å². The summed E-state index contributed by atoms with van der Waals surface area (Å²) in [6.45, 7) is -1.50. The van der Waals surface area contributed by atoms with E-state index >= 15 is 0 Å². The Balaban J connectivity index is 1.16. The van der Waals surface area contributed by atoms with Crippen molar-refractivity contribution in [3.63, 3.8) is 0 Å². The van der Waals surface area contributed by atoms with E-state index in [4.69, 9.17) is 8.85 Å². The first-order chi connectivity index (χ1) is 17.2. The molecule has 4 aromatic heterocycles. The van der Waals surface area contributed by atoms with Crippen molar-refractivity contribution in [2.75, 3.05) is 25.5 Å². The summed E-state index contributed by atoms with van der Waals surface area (Å²) < 4.78 is 31.1. The first-order valence-corrected chi connectivity index (χ1v) is 11.0. The number of ether oxygens (including phenoxy) is 1. The third-order valence-electron chi connectivity index (χ3n) is 6.98. The third-order valence-corrected chi connectivity index (χ3v) is 6.98. The topological polar surface area (TPSA) is 102 Å². The summed E-state index contributed by atoms with van der Waals surface area (Å²) in [6, 6.07) is 6.05. The highest BCUT2D eigenvalue weighted by molar-refractivity contribution is 5.84. The Morgan fingerprint density at radius 1 is 1.24 bits per heavy atom. The van der Waals surface area contributed by atoms with Gasteiger partial charge in [0.25, 0.3) is 0 Å². The van der Waals surface area contributed by atoms with Crippen molar-refractivity contribution in [1.82, 2.24) is 34.1 Å². The van der Waals surface area contributed by atoms with Crippen LogP contribution in [0.5, 0.6) is 5.88 Å². The second-order valence-corrected chi connectivity index (χ2v) is 9.03. The summed E-state index contributed by atoms with van der Waals surface area (Å²) in [7, 11) is 1.59. The van der Waals surface area contributed by atoms with Crippen molar-refractivity contribution in [3.05, 3.63) is 36.9 Å². The van der Waals surface area contributed by atoms with E-state index < -0.39 is 12.8 Å². The zero-order valence-corrected chi connectivity index (χ0v) is 18.2. The lowest BCUT2D eigenvalue weighted by molar-refractivity contribution is -0.143. The molecule has 1 saturated carbocycles. The fourth-order valence-corrected chi connectivity index (χ4v) is 5.19. The van der Waals surface area contributed by atoms with Gasteiger partial charge in [0.05, 0.1) is 7.11 Å². The Bertz CT molecular complexity index is 1450. The number of amides is 1. The number of rotatable bonds is 4. The zero-order chi connectivity index (χ0) is 25.1. The van der Waals surface area contributed by atoms with Crippen LogP contribution in [0.3, 0.4) is 0 Å². The highest BCUT2D eigenvalue weighted by Crippen LogP contribution is 2.44. The van der Waals surface area contributed by atoms with E-state index in [9.17, 15) is 4.79 Å². The van der Waals surface area contributed by atoms with Crippen molar-refractivity contribution in [2.45, 2.75) is 38.6 Å². The molecule has 10 heteroatoms. The normalized spacial score (nSPS) is 19.8. The van der Waals surface area contributed by atoms with Crippen LogP contribution in [0.2, 0.25) is 0 Å². The van der Waals surface area contributed by atoms with Gasteiger partial charge in [0, 0.05) is 59.0 Å². The van der Waals surface area contributed by atoms with Crippen LogP contribution in [0, 0.1) is 5.41 Å². The maximum absolute atomic E-state index is 12.0. The number of nitrogens with one attached hydrogen (secondary N) is 1. The number of methoxy groups -OCH3 is 1. The van der Waals surface area contributed by atoms with Gasteiger partial charge >= 0.3 is 0 Å². The standard InChI is InChI=1S/C23H26N8O2/c1-15(32)29-12-23(13-29)8-5-17(6-9-23)26-22-27-21(33-2)20-18(7-10-30(20)28-22)16-3-4-19-24-14-25-31(19)11-16/h3-4,7,10-11,14,17H,5-6,8-9,12-13H2,1-2H3,(H,26,28)/i1D3. The number of aromatic nitrogens is 6. The molecule has 0 bridgehead atoms.